The number of aromatic nitrogens is 4. The molecule has 2 unspecified atom stereocenters. The molecule has 1 saturated carbocycles. The molecule has 2 aliphatic carbocycles. The molecule has 2 aromatic carbocycles. The summed E-state index contributed by atoms with van der Waals surface area (Å²) >= 11 is 7.03. The largest absolute Gasteiger partial charge is 0.481 e. The number of hydrogen-bond acceptors (Lipinski definition) is 9. The van der Waals surface area contributed by atoms with Crippen molar-refractivity contribution in [3.8, 4) is 28.3 Å². The lowest BCUT2D eigenvalue weighted by Crippen LogP contribution is -2.20. The van der Waals surface area contributed by atoms with Crippen molar-refractivity contribution in [2.24, 2.45) is 24.8 Å². The molecule has 2 N–H and O–H groups in total. The highest BCUT2D eigenvalue weighted by Gasteiger charge is 2.57. The predicted octanol–water partition coefficient (Wildman–Crippen LogP) is 7.21. The lowest BCUT2D eigenvalue weighted by atomic mass is 9.96. The van der Waals surface area contributed by atoms with Crippen LogP contribution in [0.25, 0.3) is 33.2 Å². The molecule has 0 radical (unpaired) electrons. The summed E-state index contributed by atoms with van der Waals surface area (Å²) in [5.74, 6) is 2.10. The fourth-order valence-corrected chi connectivity index (χ4v) is 7.79. The molecule has 1 saturated heterocycles. The molecular formula is C39H39ClF2N6O4. The number of pyridine rings is 2. The van der Waals surface area contributed by atoms with Crippen LogP contribution in [0.1, 0.15) is 42.2 Å². The van der Waals surface area contributed by atoms with E-state index in [0.29, 0.717) is 35.0 Å². The molecule has 52 heavy (non-hydrogen) atoms. The molecule has 270 valence electrons. The number of anilines is 2. The Kier molecular flexibility index (Phi) is 9.95. The summed E-state index contributed by atoms with van der Waals surface area (Å²) in [6.45, 7) is 6.29. The molecule has 2 atom stereocenters. The van der Waals surface area contributed by atoms with E-state index in [4.69, 9.17) is 26.1 Å². The summed E-state index contributed by atoms with van der Waals surface area (Å²) < 4.78 is 39.0. The molecule has 10 nitrogen and oxygen atoms in total. The molecule has 4 heterocycles. The molecule has 0 bridgehead atoms. The highest BCUT2D eigenvalue weighted by Crippen LogP contribution is 2.49. The first-order valence-corrected chi connectivity index (χ1v) is 17.7. The van der Waals surface area contributed by atoms with Gasteiger partial charge >= 0.3 is 5.97 Å². The van der Waals surface area contributed by atoms with Crippen LogP contribution < -0.4 is 20.9 Å². The lowest BCUT2D eigenvalue weighted by molar-refractivity contribution is -0.145. The zero-order valence-corrected chi connectivity index (χ0v) is 30.1. The number of rotatable bonds is 8. The molecular weight excluding hydrogens is 690 g/mol. The third-order valence-corrected chi connectivity index (χ3v) is 10.6. The summed E-state index contributed by atoms with van der Waals surface area (Å²) in [7, 11) is 3.13. The Morgan fingerprint density at radius 3 is 2.54 bits per heavy atom. The molecule has 13 heteroatoms. The van der Waals surface area contributed by atoms with E-state index < -0.39 is 17.7 Å². The number of methoxy groups -OCH3 is 1. The van der Waals surface area contributed by atoms with Crippen LogP contribution in [0.5, 0.6) is 5.88 Å². The molecule has 3 aromatic heterocycles. The highest BCUT2D eigenvalue weighted by atomic mass is 35.5. The number of nitrogens with zero attached hydrogens (tertiary/aromatic N) is 4. The number of esters is 1. The van der Waals surface area contributed by atoms with E-state index in [1.165, 1.54) is 24.9 Å². The average molecular weight is 729 g/mol. The highest BCUT2D eigenvalue weighted by molar-refractivity contribution is 6.36. The number of aryl methyl sites for hydroxylation is 2. The van der Waals surface area contributed by atoms with Gasteiger partial charge in [0.05, 0.1) is 41.9 Å². The number of benzene rings is 2. The topological polar surface area (TPSA) is 120 Å². The van der Waals surface area contributed by atoms with Gasteiger partial charge in [0.2, 0.25) is 5.88 Å². The Morgan fingerprint density at radius 2 is 1.81 bits per heavy atom. The van der Waals surface area contributed by atoms with Gasteiger partial charge in [-0.1, -0.05) is 41.9 Å². The lowest BCUT2D eigenvalue weighted by Gasteiger charge is -2.17. The van der Waals surface area contributed by atoms with Crippen molar-refractivity contribution >= 4 is 39.8 Å². The van der Waals surface area contributed by atoms with Gasteiger partial charge in [-0.2, -0.15) is 5.10 Å². The Balaban J connectivity index is 0.000000324. The van der Waals surface area contributed by atoms with Crippen LogP contribution in [-0.2, 0) is 29.4 Å². The third kappa shape index (κ3) is 6.61. The van der Waals surface area contributed by atoms with Crippen molar-refractivity contribution in [1.82, 2.24) is 25.1 Å². The summed E-state index contributed by atoms with van der Waals surface area (Å²) in [6, 6.07) is 14.6. The van der Waals surface area contributed by atoms with Gasteiger partial charge in [0.1, 0.15) is 11.5 Å². The summed E-state index contributed by atoms with van der Waals surface area (Å²) in [4.78, 5) is 33.0. The monoisotopic (exact) mass is 728 g/mol. The maximum Gasteiger partial charge on any atom is 0.309 e. The second kappa shape index (κ2) is 14.6. The summed E-state index contributed by atoms with van der Waals surface area (Å²) in [5, 5.41) is 11.3. The molecule has 3 aliphatic rings. The summed E-state index contributed by atoms with van der Waals surface area (Å²) in [6.07, 6.45) is 1.55. The Labute approximate surface area is 304 Å². The van der Waals surface area contributed by atoms with E-state index in [1.54, 1.807) is 13.2 Å². The quantitative estimate of drug-likeness (QED) is 0.160. The molecule has 5 aromatic rings. The Hall–Kier alpha value is -4.94. The third-order valence-electron chi connectivity index (χ3n) is 10.2. The maximum absolute atomic E-state index is 13.7. The van der Waals surface area contributed by atoms with Crippen LogP contribution in [0.3, 0.4) is 0 Å². The number of piperidine rings is 1. The minimum atomic E-state index is -2.82. The minimum absolute atomic E-state index is 0.0176. The maximum atomic E-state index is 13.7. The van der Waals surface area contributed by atoms with E-state index in [2.05, 4.69) is 26.8 Å². The smallest absolute Gasteiger partial charge is 0.309 e. The van der Waals surface area contributed by atoms with Crippen LogP contribution in [0.4, 0.5) is 20.3 Å². The second-order valence-electron chi connectivity index (χ2n) is 13.3. The van der Waals surface area contributed by atoms with Crippen molar-refractivity contribution < 1.29 is 23.0 Å². The SMILES string of the molecule is CCOC(=O)C1C2CNCC21.COc1nc(-c2cccc(-c3cccc(Nc4nc(C(F)F)cc5cnn(C)c(=O)c45)c3C)c2Cl)cc2c1CCC2. The van der Waals surface area contributed by atoms with E-state index in [1.807, 2.05) is 44.2 Å². The van der Waals surface area contributed by atoms with Crippen molar-refractivity contribution in [2.45, 2.75) is 39.5 Å². The molecule has 2 fully saturated rings. The van der Waals surface area contributed by atoms with Crippen molar-refractivity contribution in [1.29, 1.82) is 0 Å². The number of nitrogens with one attached hydrogen (secondary N) is 2. The van der Waals surface area contributed by atoms with Gasteiger partial charge in [-0.3, -0.25) is 9.59 Å². The van der Waals surface area contributed by atoms with Gasteiger partial charge in [-0.25, -0.2) is 23.4 Å². The standard InChI is InChI=1S/C31H26ClF2N5O2.C8H13NO2/c1-16-19(21-10-5-11-22(27(21)32)24-13-17-7-4-9-20(17)30(38-24)41-3)8-6-12-23(16)36-29-26-18(14-25(37-29)28(33)34)15-35-39(2)31(26)40;1-2-11-8(10)7-5-3-9-4-6(5)7/h5-6,8,10-15,28H,4,7,9H2,1-3H3,(H,36,37);5-7,9H,2-4H2,1H3. The van der Waals surface area contributed by atoms with Crippen LogP contribution in [-0.4, -0.2) is 52.5 Å². The van der Waals surface area contributed by atoms with Crippen molar-refractivity contribution in [3.63, 3.8) is 0 Å². The zero-order chi connectivity index (χ0) is 36.7. The molecule has 8 rings (SSSR count). The van der Waals surface area contributed by atoms with Crippen molar-refractivity contribution in [2.75, 3.05) is 32.1 Å². The Morgan fingerprint density at radius 1 is 1.08 bits per heavy atom. The zero-order valence-electron chi connectivity index (χ0n) is 29.3. The van der Waals surface area contributed by atoms with Crippen LogP contribution in [0.2, 0.25) is 5.02 Å². The fraction of sp³-hybridized carbons (Fsp3) is 0.359. The van der Waals surface area contributed by atoms with Crippen LogP contribution in [0, 0.1) is 24.7 Å². The van der Waals surface area contributed by atoms with Crippen LogP contribution >= 0.6 is 11.6 Å². The normalized spacial score (nSPS) is 18.4. The predicted molar refractivity (Wildman–Crippen MR) is 196 cm³/mol. The molecule has 1 aliphatic heterocycles. The first kappa shape index (κ1) is 35.5. The van der Waals surface area contributed by atoms with E-state index >= 15 is 0 Å². The number of fused-ring (bicyclic) bond motifs is 3. The Bertz CT molecular complexity index is 2240. The number of halogens is 3. The minimum Gasteiger partial charge on any atom is -0.481 e. The van der Waals surface area contributed by atoms with Crippen molar-refractivity contribution in [3.05, 3.63) is 92.5 Å². The van der Waals surface area contributed by atoms with Gasteiger partial charge in [0.15, 0.2) is 0 Å². The number of alkyl halides is 2. The number of carbonyl (C=O) groups is 1. The second-order valence-corrected chi connectivity index (χ2v) is 13.7. The van der Waals surface area contributed by atoms with Gasteiger partial charge in [0.25, 0.3) is 12.0 Å². The number of ether oxygens (including phenoxy) is 2. The first-order valence-electron chi connectivity index (χ1n) is 17.4. The van der Waals surface area contributed by atoms with E-state index in [0.717, 1.165) is 70.5 Å². The van der Waals surface area contributed by atoms with Gasteiger partial charge in [0, 0.05) is 34.8 Å². The average Bonchev–Trinajstić information content (AvgIpc) is 3.42. The summed E-state index contributed by atoms with van der Waals surface area (Å²) in [5.41, 5.74) is 6.02. The van der Waals surface area contributed by atoms with Crippen LogP contribution in [0.15, 0.2) is 59.5 Å². The fourth-order valence-electron chi connectivity index (χ4n) is 7.46. The van der Waals surface area contributed by atoms with Gasteiger partial charge in [-0.15, -0.1) is 0 Å². The van der Waals surface area contributed by atoms with E-state index in [9.17, 15) is 18.4 Å². The number of carbonyl (C=O) groups excluding carboxylic acids is 1. The van der Waals surface area contributed by atoms with Gasteiger partial charge < -0.3 is 20.1 Å². The van der Waals surface area contributed by atoms with Gasteiger partial charge in [-0.05, 0) is 92.9 Å². The van der Waals surface area contributed by atoms with E-state index in [-0.39, 0.29) is 28.5 Å². The first-order chi connectivity index (χ1) is 25.1. The number of hydrogen-bond donors (Lipinski definition) is 2. The molecule has 0 spiro atoms. The molecule has 0 amide bonds.